The van der Waals surface area contributed by atoms with Gasteiger partial charge in [-0.05, 0) is 20.8 Å². The van der Waals surface area contributed by atoms with Gasteiger partial charge in [-0.1, -0.05) is 5.21 Å². The fraction of sp³-hybridized carbons (Fsp3) is 0.750. The topological polar surface area (TPSA) is 69.5 Å². The molecule has 7 nitrogen and oxygen atoms in total. The van der Waals surface area contributed by atoms with E-state index in [1.165, 1.54) is 4.68 Å². The van der Waals surface area contributed by atoms with Crippen LogP contribution in [0.25, 0.3) is 0 Å². The molecule has 0 aromatic carbocycles. The zero-order valence-corrected chi connectivity index (χ0v) is 12.0. The Bertz CT molecular complexity index is 388. The van der Waals surface area contributed by atoms with E-state index in [-0.39, 0.29) is 12.5 Å². The molecule has 0 aliphatic carbocycles. The van der Waals surface area contributed by atoms with Crippen LogP contribution in [0.2, 0.25) is 0 Å². The molecular weight excluding hydrogens is 248 g/mol. The van der Waals surface area contributed by atoms with E-state index >= 15 is 0 Å². The van der Waals surface area contributed by atoms with Crippen LogP contribution in [0.3, 0.4) is 0 Å². The maximum absolute atomic E-state index is 11.7. The number of carbonyl (C=O) groups excluding carboxylic acids is 1. The van der Waals surface area contributed by atoms with Crippen molar-refractivity contribution >= 4 is 5.91 Å². The molecule has 0 N–H and O–H groups in total. The van der Waals surface area contributed by atoms with Crippen molar-refractivity contribution in [2.75, 3.05) is 26.8 Å². The standard InChI is InChI=1S/C12H22N4O3/c1-5-15(4)11(17)9-16-8-10(13-14-16)12(18-6-2)19-7-3/h8,12H,5-7,9H2,1-4H3. The Labute approximate surface area is 113 Å². The highest BCUT2D eigenvalue weighted by Gasteiger charge is 2.17. The first-order valence-corrected chi connectivity index (χ1v) is 6.49. The van der Waals surface area contributed by atoms with Gasteiger partial charge in [0.2, 0.25) is 12.2 Å². The van der Waals surface area contributed by atoms with Crippen molar-refractivity contribution in [1.82, 2.24) is 19.9 Å². The van der Waals surface area contributed by atoms with Crippen LogP contribution in [0.4, 0.5) is 0 Å². The van der Waals surface area contributed by atoms with Crippen LogP contribution in [0.15, 0.2) is 6.20 Å². The molecule has 19 heavy (non-hydrogen) atoms. The van der Waals surface area contributed by atoms with Crippen molar-refractivity contribution in [3.8, 4) is 0 Å². The lowest BCUT2D eigenvalue weighted by atomic mass is 10.4. The van der Waals surface area contributed by atoms with E-state index < -0.39 is 6.29 Å². The molecule has 1 heterocycles. The smallest absolute Gasteiger partial charge is 0.244 e. The van der Waals surface area contributed by atoms with Gasteiger partial charge in [0.25, 0.3) is 0 Å². The van der Waals surface area contributed by atoms with Crippen molar-refractivity contribution in [1.29, 1.82) is 0 Å². The number of nitrogens with zero attached hydrogens (tertiary/aromatic N) is 4. The molecule has 1 aromatic heterocycles. The van der Waals surface area contributed by atoms with Crippen LogP contribution in [0.1, 0.15) is 32.8 Å². The quantitative estimate of drug-likeness (QED) is 0.654. The Morgan fingerprint density at radius 3 is 2.53 bits per heavy atom. The van der Waals surface area contributed by atoms with Gasteiger partial charge >= 0.3 is 0 Å². The molecule has 0 aliphatic heterocycles. The van der Waals surface area contributed by atoms with E-state index in [0.29, 0.717) is 25.5 Å². The Balaban J connectivity index is 2.67. The number of hydrogen-bond donors (Lipinski definition) is 0. The van der Waals surface area contributed by atoms with E-state index in [1.54, 1.807) is 18.1 Å². The van der Waals surface area contributed by atoms with Gasteiger partial charge in [-0.25, -0.2) is 4.68 Å². The molecule has 1 rings (SSSR count). The monoisotopic (exact) mass is 270 g/mol. The second kappa shape index (κ2) is 7.85. The van der Waals surface area contributed by atoms with Gasteiger partial charge < -0.3 is 14.4 Å². The average Bonchev–Trinajstić information content (AvgIpc) is 2.85. The third-order valence-corrected chi connectivity index (χ3v) is 2.63. The van der Waals surface area contributed by atoms with Crippen LogP contribution in [0.5, 0.6) is 0 Å². The van der Waals surface area contributed by atoms with E-state index in [2.05, 4.69) is 10.3 Å². The van der Waals surface area contributed by atoms with Crippen LogP contribution >= 0.6 is 0 Å². The summed E-state index contributed by atoms with van der Waals surface area (Å²) in [6.45, 7) is 7.57. The number of amides is 1. The number of carbonyl (C=O) groups is 1. The summed E-state index contributed by atoms with van der Waals surface area (Å²) < 4.78 is 12.3. The maximum Gasteiger partial charge on any atom is 0.244 e. The SMILES string of the molecule is CCOC(OCC)c1cn(CC(=O)N(C)CC)nn1. The summed E-state index contributed by atoms with van der Waals surface area (Å²) in [6, 6.07) is 0. The highest BCUT2D eigenvalue weighted by atomic mass is 16.7. The fourth-order valence-corrected chi connectivity index (χ4v) is 1.46. The first kappa shape index (κ1) is 15.6. The lowest BCUT2D eigenvalue weighted by Gasteiger charge is -2.14. The van der Waals surface area contributed by atoms with Crippen molar-refractivity contribution in [2.24, 2.45) is 0 Å². The first-order valence-electron chi connectivity index (χ1n) is 6.49. The van der Waals surface area contributed by atoms with Gasteiger partial charge in [0.05, 0.1) is 6.20 Å². The van der Waals surface area contributed by atoms with Crippen molar-refractivity contribution < 1.29 is 14.3 Å². The summed E-state index contributed by atoms with van der Waals surface area (Å²) in [7, 11) is 1.75. The molecule has 0 unspecified atom stereocenters. The zero-order valence-electron chi connectivity index (χ0n) is 12.0. The van der Waals surface area contributed by atoms with Crippen molar-refractivity contribution in [2.45, 2.75) is 33.6 Å². The fourth-order valence-electron chi connectivity index (χ4n) is 1.46. The summed E-state index contributed by atoms with van der Waals surface area (Å²) >= 11 is 0. The van der Waals surface area contributed by atoms with Gasteiger partial charge in [0.15, 0.2) is 0 Å². The predicted octanol–water partition coefficient (Wildman–Crippen LogP) is 0.828. The molecule has 0 fully saturated rings. The molecular formula is C12H22N4O3. The molecule has 0 aliphatic rings. The van der Waals surface area contributed by atoms with Crippen molar-refractivity contribution in [3.05, 3.63) is 11.9 Å². The number of hydrogen-bond acceptors (Lipinski definition) is 5. The maximum atomic E-state index is 11.7. The summed E-state index contributed by atoms with van der Waals surface area (Å²) in [5.41, 5.74) is 0.579. The summed E-state index contributed by atoms with van der Waals surface area (Å²) in [4.78, 5) is 13.4. The molecule has 108 valence electrons. The molecule has 0 saturated heterocycles. The molecule has 0 spiro atoms. The Kier molecular flexibility index (Phi) is 6.44. The highest BCUT2D eigenvalue weighted by molar-refractivity contribution is 5.75. The third-order valence-electron chi connectivity index (χ3n) is 2.63. The first-order chi connectivity index (χ1) is 9.12. The minimum absolute atomic E-state index is 0.0108. The molecule has 1 amide bonds. The van der Waals surface area contributed by atoms with E-state index in [4.69, 9.17) is 9.47 Å². The molecule has 0 saturated carbocycles. The minimum Gasteiger partial charge on any atom is -0.347 e. The summed E-state index contributed by atoms with van der Waals surface area (Å²) in [6.07, 6.45) is 1.15. The van der Waals surface area contributed by atoms with E-state index in [1.807, 2.05) is 20.8 Å². The van der Waals surface area contributed by atoms with Gasteiger partial charge in [-0.15, -0.1) is 5.10 Å². The Morgan fingerprint density at radius 1 is 1.37 bits per heavy atom. The largest absolute Gasteiger partial charge is 0.347 e. The van der Waals surface area contributed by atoms with Gasteiger partial charge in [-0.3, -0.25) is 4.79 Å². The molecule has 1 aromatic rings. The summed E-state index contributed by atoms with van der Waals surface area (Å²) in [5, 5.41) is 7.90. The Hall–Kier alpha value is -1.47. The van der Waals surface area contributed by atoms with E-state index in [0.717, 1.165) is 0 Å². The van der Waals surface area contributed by atoms with Crippen molar-refractivity contribution in [3.63, 3.8) is 0 Å². The Morgan fingerprint density at radius 2 is 2.00 bits per heavy atom. The summed E-state index contributed by atoms with van der Waals surface area (Å²) in [5.74, 6) is -0.0108. The molecule has 0 radical (unpaired) electrons. The van der Waals surface area contributed by atoms with Crippen LogP contribution in [-0.2, 0) is 20.8 Å². The zero-order chi connectivity index (χ0) is 14.3. The van der Waals surface area contributed by atoms with Crippen LogP contribution < -0.4 is 0 Å². The molecule has 0 bridgehead atoms. The molecule has 7 heteroatoms. The number of rotatable bonds is 8. The van der Waals surface area contributed by atoms with Gasteiger partial charge in [0, 0.05) is 26.8 Å². The normalized spacial score (nSPS) is 11.0. The number of aromatic nitrogens is 3. The second-order valence-corrected chi connectivity index (χ2v) is 3.99. The van der Waals surface area contributed by atoms with Gasteiger partial charge in [0.1, 0.15) is 12.2 Å². The van der Waals surface area contributed by atoms with E-state index in [9.17, 15) is 4.79 Å². The number of likely N-dealkylation sites (N-methyl/N-ethyl adjacent to an activating group) is 1. The lowest BCUT2D eigenvalue weighted by Crippen LogP contribution is -2.30. The lowest BCUT2D eigenvalue weighted by molar-refractivity contribution is -0.142. The average molecular weight is 270 g/mol. The molecule has 0 atom stereocenters. The third kappa shape index (κ3) is 4.60. The highest BCUT2D eigenvalue weighted by Crippen LogP contribution is 2.15. The number of ether oxygens (including phenoxy) is 2. The van der Waals surface area contributed by atoms with Crippen LogP contribution in [-0.4, -0.2) is 52.6 Å². The second-order valence-electron chi connectivity index (χ2n) is 3.99. The minimum atomic E-state index is -0.525. The van der Waals surface area contributed by atoms with Gasteiger partial charge in [-0.2, -0.15) is 0 Å². The predicted molar refractivity (Wildman–Crippen MR) is 69.3 cm³/mol. The van der Waals surface area contributed by atoms with Crippen LogP contribution in [0, 0.1) is 0 Å².